The predicted octanol–water partition coefficient (Wildman–Crippen LogP) is 6.04. The Morgan fingerprint density at radius 2 is 1.39 bits per heavy atom. The SMILES string of the molecule is COc1ccc(CSCC(C)(C)C(=O)N[C@@H](CSCc2ccccc2)C(=O)N[C@@H](CCCCNC(=O)OCc2ccccc2)C(=O)O)cc1. The highest BCUT2D eigenvalue weighted by Crippen LogP contribution is 2.26. The van der Waals surface area contributed by atoms with E-state index in [0.29, 0.717) is 36.6 Å². The van der Waals surface area contributed by atoms with E-state index in [-0.39, 0.29) is 24.7 Å². The summed E-state index contributed by atoms with van der Waals surface area (Å²) in [7, 11) is 1.62. The number of nitrogens with one attached hydrogen (secondary N) is 3. The Morgan fingerprint density at radius 3 is 2.02 bits per heavy atom. The molecule has 0 unspecified atom stereocenters. The molecule has 2 atom stereocenters. The summed E-state index contributed by atoms with van der Waals surface area (Å²) in [6, 6.07) is 24.8. The molecule has 3 amide bonds. The van der Waals surface area contributed by atoms with Crippen molar-refractivity contribution >= 4 is 47.4 Å². The zero-order valence-electron chi connectivity index (χ0n) is 28.3. The monoisotopic (exact) mass is 709 g/mol. The number of thioether (sulfide) groups is 2. The predicted molar refractivity (Wildman–Crippen MR) is 196 cm³/mol. The molecule has 49 heavy (non-hydrogen) atoms. The number of carbonyl (C=O) groups is 4. The lowest BCUT2D eigenvalue weighted by Gasteiger charge is -2.27. The van der Waals surface area contributed by atoms with Crippen molar-refractivity contribution in [3.05, 3.63) is 102 Å². The molecule has 0 saturated heterocycles. The summed E-state index contributed by atoms with van der Waals surface area (Å²) in [6.07, 6.45) is 0.539. The Balaban J connectivity index is 1.51. The molecule has 0 spiro atoms. The summed E-state index contributed by atoms with van der Waals surface area (Å²) in [6.45, 7) is 4.12. The van der Waals surface area contributed by atoms with Gasteiger partial charge in [0.1, 0.15) is 24.4 Å². The minimum atomic E-state index is -1.17. The fourth-order valence-corrected chi connectivity index (χ4v) is 6.77. The average Bonchev–Trinajstić information content (AvgIpc) is 3.10. The standard InChI is InChI=1S/C37H47N3O7S2/c1-37(2,26-49-24-29-17-19-30(46-3)20-18-29)35(44)40-32(25-48-23-28-14-8-5-9-15-28)33(41)39-31(34(42)43)16-10-11-21-38-36(45)47-22-27-12-6-4-7-13-27/h4-9,12-15,17-20,31-32H,10-11,16,21-26H2,1-3H3,(H,38,45)(H,39,41)(H,40,44)(H,42,43)/t31-,32-/m0/s1. The number of carboxylic acid groups (broad SMARTS) is 1. The summed E-state index contributed by atoms with van der Waals surface area (Å²) in [5, 5.41) is 18.1. The highest BCUT2D eigenvalue weighted by atomic mass is 32.2. The third-order valence-electron chi connectivity index (χ3n) is 7.54. The fourth-order valence-electron chi connectivity index (χ4n) is 4.58. The molecule has 0 aliphatic rings. The molecule has 10 nitrogen and oxygen atoms in total. The molecular weight excluding hydrogens is 663 g/mol. The van der Waals surface area contributed by atoms with E-state index in [1.807, 2.05) is 98.8 Å². The molecule has 3 aromatic carbocycles. The van der Waals surface area contributed by atoms with Crippen LogP contribution in [0.1, 0.15) is 49.8 Å². The molecule has 12 heteroatoms. The van der Waals surface area contributed by atoms with Crippen LogP contribution >= 0.6 is 23.5 Å². The molecule has 0 aliphatic carbocycles. The summed E-state index contributed by atoms with van der Waals surface area (Å²) in [4.78, 5) is 51.1. The average molecular weight is 710 g/mol. The molecule has 0 fully saturated rings. The van der Waals surface area contributed by atoms with E-state index in [1.54, 1.807) is 18.9 Å². The molecule has 0 saturated carbocycles. The van der Waals surface area contributed by atoms with E-state index in [1.165, 1.54) is 11.8 Å². The van der Waals surface area contributed by atoms with E-state index >= 15 is 0 Å². The van der Waals surface area contributed by atoms with Crippen LogP contribution in [0.25, 0.3) is 0 Å². The van der Waals surface area contributed by atoms with Crippen LogP contribution < -0.4 is 20.7 Å². The Kier molecular flexibility index (Phi) is 16.9. The van der Waals surface area contributed by atoms with E-state index < -0.39 is 35.5 Å². The van der Waals surface area contributed by atoms with Gasteiger partial charge in [0.2, 0.25) is 11.8 Å². The molecule has 0 aromatic heterocycles. The van der Waals surface area contributed by atoms with Gasteiger partial charge in [0.25, 0.3) is 0 Å². The van der Waals surface area contributed by atoms with Gasteiger partial charge in [-0.1, -0.05) is 86.6 Å². The molecule has 0 aliphatic heterocycles. The Morgan fingerprint density at radius 1 is 0.776 bits per heavy atom. The minimum absolute atomic E-state index is 0.154. The maximum absolute atomic E-state index is 13.5. The van der Waals surface area contributed by atoms with Crippen molar-refractivity contribution in [2.45, 2.75) is 63.3 Å². The van der Waals surface area contributed by atoms with E-state index in [9.17, 15) is 24.3 Å². The molecule has 0 heterocycles. The number of amides is 3. The van der Waals surface area contributed by atoms with E-state index in [0.717, 1.165) is 22.4 Å². The normalized spacial score (nSPS) is 12.3. The van der Waals surface area contributed by atoms with Gasteiger partial charge in [0.05, 0.1) is 12.5 Å². The summed E-state index contributed by atoms with van der Waals surface area (Å²) in [5.41, 5.74) is 2.27. The van der Waals surface area contributed by atoms with Gasteiger partial charge >= 0.3 is 12.1 Å². The van der Waals surface area contributed by atoms with Crippen LogP contribution in [0.4, 0.5) is 4.79 Å². The second kappa shape index (κ2) is 21.0. The number of hydrogen-bond acceptors (Lipinski definition) is 8. The van der Waals surface area contributed by atoms with Gasteiger partial charge in [-0.25, -0.2) is 9.59 Å². The number of carboxylic acids is 1. The largest absolute Gasteiger partial charge is 0.497 e. The van der Waals surface area contributed by atoms with Gasteiger partial charge in [-0.3, -0.25) is 9.59 Å². The van der Waals surface area contributed by atoms with Crippen LogP contribution in [-0.2, 0) is 37.2 Å². The number of alkyl carbamates (subject to hydrolysis) is 1. The van der Waals surface area contributed by atoms with Crippen molar-refractivity contribution in [2.24, 2.45) is 5.41 Å². The third kappa shape index (κ3) is 14.9. The number of methoxy groups -OCH3 is 1. The summed E-state index contributed by atoms with van der Waals surface area (Å²) in [5.74, 6) is 0.901. The van der Waals surface area contributed by atoms with Crippen LogP contribution in [-0.4, -0.2) is 66.2 Å². The van der Waals surface area contributed by atoms with Crippen molar-refractivity contribution in [1.82, 2.24) is 16.0 Å². The summed E-state index contributed by atoms with van der Waals surface area (Å²) < 4.78 is 10.4. The first-order valence-electron chi connectivity index (χ1n) is 16.2. The zero-order chi connectivity index (χ0) is 35.5. The molecular formula is C37H47N3O7S2. The first-order valence-corrected chi connectivity index (χ1v) is 18.5. The molecule has 264 valence electrons. The van der Waals surface area contributed by atoms with Crippen molar-refractivity contribution in [2.75, 3.05) is 25.2 Å². The minimum Gasteiger partial charge on any atom is -0.497 e. The molecule has 0 radical (unpaired) electrons. The first kappa shape index (κ1) is 39.3. The quantitative estimate of drug-likeness (QED) is 0.0975. The maximum atomic E-state index is 13.5. The lowest BCUT2D eigenvalue weighted by molar-refractivity contribution is -0.142. The van der Waals surface area contributed by atoms with Crippen LogP contribution in [0, 0.1) is 5.41 Å². The van der Waals surface area contributed by atoms with Crippen LogP contribution in [0.5, 0.6) is 5.75 Å². The van der Waals surface area contributed by atoms with Gasteiger partial charge in [-0.15, -0.1) is 0 Å². The van der Waals surface area contributed by atoms with Crippen molar-refractivity contribution in [1.29, 1.82) is 0 Å². The van der Waals surface area contributed by atoms with Crippen molar-refractivity contribution in [3.8, 4) is 5.75 Å². The van der Waals surface area contributed by atoms with Gasteiger partial charge in [0.15, 0.2) is 0 Å². The second-order valence-corrected chi connectivity index (χ2v) is 14.2. The highest BCUT2D eigenvalue weighted by Gasteiger charge is 2.33. The van der Waals surface area contributed by atoms with Crippen LogP contribution in [0.15, 0.2) is 84.9 Å². The molecule has 0 bridgehead atoms. The smallest absolute Gasteiger partial charge is 0.407 e. The molecule has 4 N–H and O–H groups in total. The van der Waals surface area contributed by atoms with Gasteiger partial charge in [0, 0.05) is 29.6 Å². The topological polar surface area (TPSA) is 143 Å². The number of aliphatic carboxylic acids is 1. The number of hydrogen-bond donors (Lipinski definition) is 4. The third-order valence-corrected chi connectivity index (χ3v) is 10.1. The summed E-state index contributed by atoms with van der Waals surface area (Å²) >= 11 is 3.11. The van der Waals surface area contributed by atoms with Gasteiger partial charge in [-0.05, 0) is 48.1 Å². The van der Waals surface area contributed by atoms with Gasteiger partial charge < -0.3 is 30.5 Å². The number of unbranched alkanes of at least 4 members (excludes halogenated alkanes) is 1. The van der Waals surface area contributed by atoms with E-state index in [2.05, 4.69) is 16.0 Å². The number of benzene rings is 3. The van der Waals surface area contributed by atoms with E-state index in [4.69, 9.17) is 9.47 Å². The van der Waals surface area contributed by atoms with Crippen LogP contribution in [0.3, 0.4) is 0 Å². The first-order chi connectivity index (χ1) is 23.6. The number of ether oxygens (including phenoxy) is 2. The van der Waals surface area contributed by atoms with Crippen molar-refractivity contribution in [3.63, 3.8) is 0 Å². The zero-order valence-corrected chi connectivity index (χ0v) is 29.9. The second-order valence-electron chi connectivity index (χ2n) is 12.1. The number of rotatable bonds is 21. The van der Waals surface area contributed by atoms with Gasteiger partial charge in [-0.2, -0.15) is 23.5 Å². The lowest BCUT2D eigenvalue weighted by Crippen LogP contribution is -2.55. The Labute approximate surface area is 297 Å². The molecule has 3 aromatic rings. The fraction of sp³-hybridized carbons (Fsp3) is 0.405. The highest BCUT2D eigenvalue weighted by molar-refractivity contribution is 7.98. The lowest BCUT2D eigenvalue weighted by atomic mass is 9.95. The maximum Gasteiger partial charge on any atom is 0.407 e. The Bertz CT molecular complexity index is 1460. The molecule has 3 rings (SSSR count). The van der Waals surface area contributed by atoms with Crippen molar-refractivity contribution < 1.29 is 33.8 Å². The number of carbonyl (C=O) groups excluding carboxylic acids is 3. The Hall–Kier alpha value is -4.16. The van der Waals surface area contributed by atoms with Crippen LogP contribution in [0.2, 0.25) is 0 Å².